The Morgan fingerprint density at radius 1 is 1.05 bits per heavy atom. The lowest BCUT2D eigenvalue weighted by molar-refractivity contribution is -0.139. The minimum absolute atomic E-state index is 0.0546. The minimum atomic E-state index is -1.27. The van der Waals surface area contributed by atoms with E-state index in [1.54, 1.807) is 18.2 Å². The smallest absolute Gasteiger partial charge is 0.326 e. The first-order chi connectivity index (χ1) is 21.2. The van der Waals surface area contributed by atoms with Crippen molar-refractivity contribution in [2.45, 2.75) is 38.3 Å². The molecule has 44 heavy (non-hydrogen) atoms. The Morgan fingerprint density at radius 3 is 2.39 bits per heavy atom. The van der Waals surface area contributed by atoms with E-state index < -0.39 is 23.5 Å². The number of amides is 3. The van der Waals surface area contributed by atoms with Crippen LogP contribution in [-0.4, -0.2) is 81.1 Å². The van der Waals surface area contributed by atoms with E-state index in [9.17, 15) is 29.1 Å². The number of ether oxygens (including phenoxy) is 1. The van der Waals surface area contributed by atoms with Crippen molar-refractivity contribution in [2.24, 2.45) is 0 Å². The van der Waals surface area contributed by atoms with Crippen LogP contribution in [0, 0.1) is 0 Å². The van der Waals surface area contributed by atoms with E-state index in [0.29, 0.717) is 30.8 Å². The molecule has 16 heteroatoms. The van der Waals surface area contributed by atoms with Gasteiger partial charge in [0.15, 0.2) is 11.2 Å². The van der Waals surface area contributed by atoms with Crippen LogP contribution in [0.4, 0.5) is 11.6 Å². The fraction of sp³-hybridized carbons (Fsp3) is 0.357. The van der Waals surface area contributed by atoms with Crippen molar-refractivity contribution in [1.82, 2.24) is 35.9 Å². The number of hydrogen-bond acceptors (Lipinski definition) is 11. The highest BCUT2D eigenvalue weighted by molar-refractivity contribution is 5.97. The highest BCUT2D eigenvalue weighted by Gasteiger charge is 2.21. The molecule has 16 nitrogen and oxygen atoms in total. The van der Waals surface area contributed by atoms with Gasteiger partial charge in [-0.2, -0.15) is 4.98 Å². The molecule has 0 spiro atoms. The minimum Gasteiger partial charge on any atom is -0.480 e. The van der Waals surface area contributed by atoms with Gasteiger partial charge in [-0.15, -0.1) is 6.58 Å². The summed E-state index contributed by atoms with van der Waals surface area (Å²) in [5, 5.41) is 20.4. The summed E-state index contributed by atoms with van der Waals surface area (Å²) in [6, 6.07) is 5.01. The lowest BCUT2D eigenvalue weighted by Gasteiger charge is -2.15. The number of anilines is 2. The second-order valence-corrected chi connectivity index (χ2v) is 9.46. The monoisotopic (exact) mass is 609 g/mol. The van der Waals surface area contributed by atoms with Gasteiger partial charge in [0.1, 0.15) is 6.04 Å². The molecule has 2 aromatic heterocycles. The average molecular weight is 610 g/mol. The maximum absolute atomic E-state index is 12.7. The number of carbonyl (C=O) groups is 4. The molecule has 0 aliphatic carbocycles. The van der Waals surface area contributed by atoms with Crippen LogP contribution in [0.1, 0.15) is 41.7 Å². The van der Waals surface area contributed by atoms with Crippen molar-refractivity contribution in [1.29, 1.82) is 0 Å². The third-order valence-corrected chi connectivity index (χ3v) is 6.08. The Labute approximate surface area is 251 Å². The number of carboxylic acids is 1. The first-order valence-electron chi connectivity index (χ1n) is 13.8. The number of carboxylic acid groups (broad SMARTS) is 1. The molecule has 0 aliphatic rings. The van der Waals surface area contributed by atoms with E-state index in [0.717, 1.165) is 0 Å². The van der Waals surface area contributed by atoms with Crippen LogP contribution in [0.25, 0.3) is 11.2 Å². The van der Waals surface area contributed by atoms with Crippen molar-refractivity contribution in [2.75, 3.05) is 37.4 Å². The molecule has 0 radical (unpaired) electrons. The Hall–Kier alpha value is -5.38. The molecule has 0 unspecified atom stereocenters. The van der Waals surface area contributed by atoms with E-state index >= 15 is 0 Å². The van der Waals surface area contributed by atoms with Crippen LogP contribution in [0.15, 0.2) is 47.9 Å². The lowest BCUT2D eigenvalue weighted by atomic mass is 10.1. The van der Waals surface area contributed by atoms with Gasteiger partial charge in [0.25, 0.3) is 11.5 Å². The standard InChI is InChI=1S/C28H35N9O7/c1-2-3-4-21(38)30-11-13-44-14-12-31-22(39)10-9-20(27(42)43)35-25(40)17-5-7-18(8-6-17)32-15-19-16-33-24-23(34-19)26(41)37-28(29)36-24/h2,5-8,16,20,32H,1,3-4,9-15H2,(H,30,38)(H,31,39)(H,35,40)(H,42,43)(H3,29,33,36,37,41)/t20-/m0/s1. The zero-order valence-corrected chi connectivity index (χ0v) is 23.9. The summed E-state index contributed by atoms with van der Waals surface area (Å²) in [5.74, 6) is -2.41. The lowest BCUT2D eigenvalue weighted by Crippen LogP contribution is -2.41. The van der Waals surface area contributed by atoms with Gasteiger partial charge in [0.2, 0.25) is 17.8 Å². The number of rotatable bonds is 18. The van der Waals surface area contributed by atoms with Crippen LogP contribution in [0.3, 0.4) is 0 Å². The topological polar surface area (TPSA) is 243 Å². The maximum atomic E-state index is 12.7. The Kier molecular flexibility index (Phi) is 12.7. The first kappa shape index (κ1) is 33.1. The summed E-state index contributed by atoms with van der Waals surface area (Å²) < 4.78 is 5.34. The quantitative estimate of drug-likeness (QED) is 0.0749. The van der Waals surface area contributed by atoms with Crippen LogP contribution < -0.4 is 32.6 Å². The van der Waals surface area contributed by atoms with Gasteiger partial charge < -0.3 is 36.8 Å². The molecule has 0 aliphatic heterocycles. The normalized spacial score (nSPS) is 11.4. The number of aromatic amines is 1. The van der Waals surface area contributed by atoms with E-state index in [4.69, 9.17) is 10.5 Å². The number of allylic oxidation sites excluding steroid dienone is 1. The maximum Gasteiger partial charge on any atom is 0.326 e. The number of nitrogens with zero attached hydrogens (tertiary/aromatic N) is 3. The molecule has 8 N–H and O–H groups in total. The number of benzene rings is 1. The zero-order chi connectivity index (χ0) is 31.9. The van der Waals surface area contributed by atoms with Crippen molar-refractivity contribution in [3.63, 3.8) is 0 Å². The second kappa shape index (κ2) is 16.9. The van der Waals surface area contributed by atoms with Crippen LogP contribution >= 0.6 is 0 Å². The SMILES string of the molecule is C=CCCC(=O)NCCOCCNC(=O)CC[C@H](NC(=O)c1ccc(NCc2cnc3nc(N)[nH]c(=O)c3n2)cc1)C(=O)O. The molecule has 1 aromatic carbocycles. The molecule has 0 saturated carbocycles. The molecule has 0 bridgehead atoms. The van der Waals surface area contributed by atoms with Crippen LogP contribution in [0.5, 0.6) is 0 Å². The molecule has 1 atom stereocenters. The Bertz CT molecular complexity index is 1530. The van der Waals surface area contributed by atoms with E-state index in [2.05, 4.69) is 47.8 Å². The molecule has 3 amide bonds. The Balaban J connectivity index is 1.38. The van der Waals surface area contributed by atoms with Crippen molar-refractivity contribution < 1.29 is 29.0 Å². The molecule has 3 rings (SSSR count). The number of aliphatic carboxylic acids is 1. The molecular weight excluding hydrogens is 574 g/mol. The summed E-state index contributed by atoms with van der Waals surface area (Å²) >= 11 is 0. The third kappa shape index (κ3) is 10.8. The van der Waals surface area contributed by atoms with Gasteiger partial charge in [-0.1, -0.05) is 6.08 Å². The van der Waals surface area contributed by atoms with Crippen molar-refractivity contribution in [3.8, 4) is 0 Å². The number of carbonyl (C=O) groups excluding carboxylic acids is 3. The van der Waals surface area contributed by atoms with Gasteiger partial charge in [0.05, 0.1) is 31.6 Å². The van der Waals surface area contributed by atoms with Gasteiger partial charge in [0, 0.05) is 37.2 Å². The number of nitrogens with two attached hydrogens (primary N) is 1. The molecule has 234 valence electrons. The highest BCUT2D eigenvalue weighted by atomic mass is 16.5. The van der Waals surface area contributed by atoms with Crippen molar-refractivity contribution >= 4 is 46.5 Å². The molecular formula is C28H35N9O7. The Morgan fingerprint density at radius 2 is 1.73 bits per heavy atom. The summed E-state index contributed by atoms with van der Waals surface area (Å²) in [5.41, 5.74) is 6.52. The summed E-state index contributed by atoms with van der Waals surface area (Å²) in [6.45, 7) is 4.85. The van der Waals surface area contributed by atoms with Crippen molar-refractivity contribution in [3.05, 3.63) is 64.7 Å². The summed E-state index contributed by atoms with van der Waals surface area (Å²) in [7, 11) is 0. The number of H-pyrrole nitrogens is 1. The van der Waals surface area contributed by atoms with E-state index in [1.165, 1.54) is 18.3 Å². The molecule has 2 heterocycles. The van der Waals surface area contributed by atoms with Gasteiger partial charge in [-0.3, -0.25) is 24.2 Å². The number of nitrogens with one attached hydrogen (secondary N) is 5. The zero-order valence-electron chi connectivity index (χ0n) is 23.9. The van der Waals surface area contributed by atoms with Crippen LogP contribution in [0.2, 0.25) is 0 Å². The second-order valence-electron chi connectivity index (χ2n) is 9.46. The van der Waals surface area contributed by atoms with E-state index in [1.807, 2.05) is 0 Å². The summed E-state index contributed by atoms with van der Waals surface area (Å²) in [6.07, 6.45) is 3.86. The fourth-order valence-electron chi connectivity index (χ4n) is 3.80. The number of nitrogen functional groups attached to an aromatic ring is 1. The van der Waals surface area contributed by atoms with E-state index in [-0.39, 0.29) is 73.6 Å². The van der Waals surface area contributed by atoms with Gasteiger partial charge >= 0.3 is 5.97 Å². The number of fused-ring (bicyclic) bond motifs is 1. The first-order valence-corrected chi connectivity index (χ1v) is 13.8. The molecule has 0 fully saturated rings. The number of hydrogen-bond donors (Lipinski definition) is 7. The number of aromatic nitrogens is 4. The van der Waals surface area contributed by atoms with Crippen LogP contribution in [-0.2, 0) is 25.7 Å². The predicted molar refractivity (Wildman–Crippen MR) is 161 cm³/mol. The molecule has 0 saturated heterocycles. The summed E-state index contributed by atoms with van der Waals surface area (Å²) in [4.78, 5) is 74.6. The fourth-order valence-corrected chi connectivity index (χ4v) is 3.80. The predicted octanol–water partition coefficient (Wildman–Crippen LogP) is 0.0858. The van der Waals surface area contributed by atoms with Gasteiger partial charge in [-0.25, -0.2) is 14.8 Å². The highest BCUT2D eigenvalue weighted by Crippen LogP contribution is 2.12. The largest absolute Gasteiger partial charge is 0.480 e. The third-order valence-electron chi connectivity index (χ3n) is 6.08. The van der Waals surface area contributed by atoms with Gasteiger partial charge in [-0.05, 0) is 37.1 Å². The molecule has 3 aromatic rings. The average Bonchev–Trinajstić information content (AvgIpc) is 3.00.